The summed E-state index contributed by atoms with van der Waals surface area (Å²) in [4.78, 5) is 1.21. The quantitative estimate of drug-likeness (QED) is 0.636. The maximum absolute atomic E-state index is 5.91. The Kier molecular flexibility index (Phi) is 4.98. The molecule has 2 nitrogen and oxygen atoms in total. The number of furan rings is 1. The number of hydrogen-bond donors (Lipinski definition) is 1. The van der Waals surface area contributed by atoms with Crippen molar-refractivity contribution >= 4 is 23.4 Å². The van der Waals surface area contributed by atoms with E-state index in [9.17, 15) is 0 Å². The topological polar surface area (TPSA) is 25.2 Å². The minimum atomic E-state index is 0.781. The molecule has 0 fully saturated rings. The normalized spacial score (nSPS) is 10.6. The van der Waals surface area contributed by atoms with E-state index in [0.29, 0.717) is 0 Å². The Labute approximate surface area is 110 Å². The van der Waals surface area contributed by atoms with E-state index in [1.165, 1.54) is 4.90 Å². The third kappa shape index (κ3) is 4.46. The number of hydrogen-bond acceptors (Lipinski definition) is 3. The highest BCUT2D eigenvalue weighted by molar-refractivity contribution is 7.99. The van der Waals surface area contributed by atoms with E-state index >= 15 is 0 Å². The molecule has 0 aliphatic heterocycles. The van der Waals surface area contributed by atoms with Crippen LogP contribution in [0.1, 0.15) is 5.76 Å². The molecule has 0 atom stereocenters. The summed E-state index contributed by atoms with van der Waals surface area (Å²) < 4.78 is 5.23. The van der Waals surface area contributed by atoms with Crippen LogP contribution in [0.4, 0.5) is 0 Å². The molecule has 0 unspecified atom stereocenters. The zero-order valence-electron chi connectivity index (χ0n) is 9.36. The van der Waals surface area contributed by atoms with Gasteiger partial charge in [-0.15, -0.1) is 11.8 Å². The second-order valence-electron chi connectivity index (χ2n) is 3.56. The Morgan fingerprint density at radius 3 is 2.94 bits per heavy atom. The molecule has 2 aromatic rings. The summed E-state index contributed by atoms with van der Waals surface area (Å²) in [5.74, 6) is 1.99. The van der Waals surface area contributed by atoms with Gasteiger partial charge in [0.1, 0.15) is 5.76 Å². The van der Waals surface area contributed by atoms with Gasteiger partial charge in [0.15, 0.2) is 0 Å². The predicted octanol–water partition coefficient (Wildman–Crippen LogP) is 3.81. The van der Waals surface area contributed by atoms with Gasteiger partial charge in [0.25, 0.3) is 0 Å². The largest absolute Gasteiger partial charge is 0.468 e. The van der Waals surface area contributed by atoms with Gasteiger partial charge in [-0.05, 0) is 30.3 Å². The van der Waals surface area contributed by atoms with Crippen LogP contribution < -0.4 is 5.32 Å². The first-order chi connectivity index (χ1) is 8.34. The summed E-state index contributed by atoms with van der Waals surface area (Å²) in [5, 5.41) is 4.12. The Balaban J connectivity index is 1.63. The van der Waals surface area contributed by atoms with E-state index in [-0.39, 0.29) is 0 Å². The van der Waals surface area contributed by atoms with Crippen molar-refractivity contribution in [3.8, 4) is 0 Å². The summed E-state index contributed by atoms with van der Waals surface area (Å²) in [7, 11) is 0. The van der Waals surface area contributed by atoms with Crippen LogP contribution in [0, 0.1) is 0 Å². The molecule has 1 aromatic carbocycles. The summed E-state index contributed by atoms with van der Waals surface area (Å²) in [6.45, 7) is 1.72. The van der Waals surface area contributed by atoms with Gasteiger partial charge in [0.2, 0.25) is 0 Å². The number of rotatable bonds is 6. The first-order valence-corrected chi connectivity index (χ1v) is 6.82. The van der Waals surface area contributed by atoms with Gasteiger partial charge in [-0.2, -0.15) is 0 Å². The van der Waals surface area contributed by atoms with Crippen molar-refractivity contribution in [3.63, 3.8) is 0 Å². The number of thioether (sulfide) groups is 1. The van der Waals surface area contributed by atoms with Gasteiger partial charge in [0.05, 0.1) is 12.8 Å². The Hall–Kier alpha value is -0.900. The van der Waals surface area contributed by atoms with Crippen LogP contribution in [-0.2, 0) is 6.54 Å². The molecule has 1 aromatic heterocycles. The average molecular weight is 268 g/mol. The molecule has 0 aliphatic carbocycles. The van der Waals surface area contributed by atoms with Gasteiger partial charge < -0.3 is 9.73 Å². The molecule has 0 spiro atoms. The molecule has 0 saturated carbocycles. The molecular weight excluding hydrogens is 254 g/mol. The number of nitrogens with one attached hydrogen (secondary N) is 1. The van der Waals surface area contributed by atoms with Crippen molar-refractivity contribution in [2.75, 3.05) is 12.3 Å². The minimum Gasteiger partial charge on any atom is -0.468 e. The van der Waals surface area contributed by atoms with Crippen molar-refractivity contribution in [1.29, 1.82) is 0 Å². The maximum atomic E-state index is 5.91. The van der Waals surface area contributed by atoms with Crippen LogP contribution in [0.15, 0.2) is 52.0 Å². The number of benzene rings is 1. The smallest absolute Gasteiger partial charge is 0.117 e. The Morgan fingerprint density at radius 1 is 1.24 bits per heavy atom. The highest BCUT2D eigenvalue weighted by atomic mass is 35.5. The third-order valence-electron chi connectivity index (χ3n) is 2.22. The second kappa shape index (κ2) is 6.74. The van der Waals surface area contributed by atoms with Crippen molar-refractivity contribution < 1.29 is 4.42 Å². The molecule has 2 rings (SSSR count). The molecule has 0 amide bonds. The lowest BCUT2D eigenvalue weighted by atomic mass is 10.4. The van der Waals surface area contributed by atoms with Crippen LogP contribution in [0.3, 0.4) is 0 Å². The Bertz CT molecular complexity index is 444. The second-order valence-corrected chi connectivity index (χ2v) is 5.17. The van der Waals surface area contributed by atoms with E-state index in [1.807, 2.05) is 30.3 Å². The zero-order chi connectivity index (χ0) is 11.9. The first-order valence-electron chi connectivity index (χ1n) is 5.46. The molecule has 17 heavy (non-hydrogen) atoms. The fourth-order valence-corrected chi connectivity index (χ4v) is 2.54. The summed E-state index contributed by atoms with van der Waals surface area (Å²) in [5.41, 5.74) is 0. The van der Waals surface area contributed by atoms with E-state index in [2.05, 4.69) is 11.4 Å². The van der Waals surface area contributed by atoms with Crippen LogP contribution in [0.2, 0.25) is 5.02 Å². The first kappa shape index (κ1) is 12.6. The van der Waals surface area contributed by atoms with Gasteiger partial charge in [0, 0.05) is 22.2 Å². The molecule has 1 N–H and O–H groups in total. The Morgan fingerprint density at radius 2 is 2.18 bits per heavy atom. The molecular formula is C13H14ClNOS. The van der Waals surface area contributed by atoms with Gasteiger partial charge in [-0.1, -0.05) is 17.7 Å². The molecule has 0 saturated heterocycles. The SMILES string of the molecule is Clc1cccc(SCCNCc2ccco2)c1. The molecule has 4 heteroatoms. The van der Waals surface area contributed by atoms with Crippen LogP contribution in [0.5, 0.6) is 0 Å². The fourth-order valence-electron chi connectivity index (χ4n) is 1.42. The van der Waals surface area contributed by atoms with E-state index in [0.717, 1.165) is 29.6 Å². The summed E-state index contributed by atoms with van der Waals surface area (Å²) >= 11 is 7.71. The van der Waals surface area contributed by atoms with Crippen molar-refractivity contribution in [3.05, 3.63) is 53.4 Å². The lowest BCUT2D eigenvalue weighted by molar-refractivity contribution is 0.488. The van der Waals surface area contributed by atoms with Gasteiger partial charge in [-0.3, -0.25) is 0 Å². The van der Waals surface area contributed by atoms with Gasteiger partial charge >= 0.3 is 0 Å². The fraction of sp³-hybridized carbons (Fsp3) is 0.231. The van der Waals surface area contributed by atoms with Crippen LogP contribution in [0.25, 0.3) is 0 Å². The lowest BCUT2D eigenvalue weighted by Crippen LogP contribution is -2.15. The molecule has 0 aliphatic rings. The lowest BCUT2D eigenvalue weighted by Gasteiger charge is -2.03. The molecule has 1 heterocycles. The minimum absolute atomic E-state index is 0.781. The predicted molar refractivity (Wildman–Crippen MR) is 72.6 cm³/mol. The zero-order valence-corrected chi connectivity index (χ0v) is 10.9. The third-order valence-corrected chi connectivity index (χ3v) is 3.45. The van der Waals surface area contributed by atoms with Crippen molar-refractivity contribution in [2.24, 2.45) is 0 Å². The molecule has 0 radical (unpaired) electrons. The maximum Gasteiger partial charge on any atom is 0.117 e. The standard InChI is InChI=1S/C13H14ClNOS/c14-11-3-1-5-13(9-11)17-8-6-15-10-12-4-2-7-16-12/h1-5,7,9,15H,6,8,10H2. The highest BCUT2D eigenvalue weighted by Gasteiger charge is 1.96. The monoisotopic (exact) mass is 267 g/mol. The highest BCUT2D eigenvalue weighted by Crippen LogP contribution is 2.20. The average Bonchev–Trinajstić information content (AvgIpc) is 2.82. The molecule has 0 bridgehead atoms. The van der Waals surface area contributed by atoms with Crippen LogP contribution >= 0.6 is 23.4 Å². The van der Waals surface area contributed by atoms with E-state index in [4.69, 9.17) is 16.0 Å². The number of halogens is 1. The van der Waals surface area contributed by atoms with E-state index in [1.54, 1.807) is 18.0 Å². The van der Waals surface area contributed by atoms with Crippen LogP contribution in [-0.4, -0.2) is 12.3 Å². The summed E-state index contributed by atoms with van der Waals surface area (Å²) in [6.07, 6.45) is 1.69. The van der Waals surface area contributed by atoms with Crippen molar-refractivity contribution in [1.82, 2.24) is 5.32 Å². The van der Waals surface area contributed by atoms with E-state index < -0.39 is 0 Å². The summed E-state index contributed by atoms with van der Waals surface area (Å²) in [6, 6.07) is 11.8. The molecule has 90 valence electrons. The van der Waals surface area contributed by atoms with Gasteiger partial charge in [-0.25, -0.2) is 0 Å². The van der Waals surface area contributed by atoms with Crippen molar-refractivity contribution in [2.45, 2.75) is 11.4 Å².